The third-order valence-corrected chi connectivity index (χ3v) is 6.78. The van der Waals surface area contributed by atoms with E-state index in [1.165, 1.54) is 0 Å². The van der Waals surface area contributed by atoms with E-state index in [1.807, 2.05) is 68.7 Å². The molecule has 1 atom stereocenters. The van der Waals surface area contributed by atoms with Crippen molar-refractivity contribution in [2.45, 2.75) is 30.8 Å². The number of aromatic hydroxyl groups is 1. The monoisotopic (exact) mass is 442 g/mol. The van der Waals surface area contributed by atoms with E-state index < -0.39 is 0 Å². The maximum absolute atomic E-state index is 13.8. The molecule has 5 nitrogen and oxygen atoms in total. The molecule has 0 saturated heterocycles. The first kappa shape index (κ1) is 21.5. The molecule has 170 valence electrons. The van der Waals surface area contributed by atoms with Crippen molar-refractivity contribution in [2.24, 2.45) is 0 Å². The van der Waals surface area contributed by atoms with Crippen LogP contribution in [0.15, 0.2) is 72.8 Å². The summed E-state index contributed by atoms with van der Waals surface area (Å²) in [5.74, 6) is 1.16. The van der Waals surface area contributed by atoms with Crippen LogP contribution in [-0.2, 0) is 6.42 Å². The highest BCUT2D eigenvalue weighted by Crippen LogP contribution is 2.55. The second-order valence-corrected chi connectivity index (χ2v) is 9.45. The predicted molar refractivity (Wildman–Crippen MR) is 129 cm³/mol. The van der Waals surface area contributed by atoms with Gasteiger partial charge in [-0.15, -0.1) is 0 Å². The average molecular weight is 443 g/mol. The first-order valence-electron chi connectivity index (χ1n) is 11.5. The first-order chi connectivity index (χ1) is 16.0. The highest BCUT2D eigenvalue weighted by Gasteiger charge is 2.56. The van der Waals surface area contributed by atoms with E-state index in [1.54, 1.807) is 6.07 Å². The molecule has 3 aromatic rings. The van der Waals surface area contributed by atoms with Gasteiger partial charge in [-0.1, -0.05) is 36.4 Å². The molecule has 1 fully saturated rings. The Balaban J connectivity index is 1.54. The molecule has 2 aliphatic rings. The highest BCUT2D eigenvalue weighted by atomic mass is 16.5. The van der Waals surface area contributed by atoms with E-state index in [-0.39, 0.29) is 23.2 Å². The van der Waals surface area contributed by atoms with Crippen molar-refractivity contribution in [3.05, 3.63) is 95.1 Å². The van der Waals surface area contributed by atoms with Gasteiger partial charge in [0.2, 0.25) is 0 Å². The van der Waals surface area contributed by atoms with E-state index in [0.717, 1.165) is 48.2 Å². The van der Waals surface area contributed by atoms with Gasteiger partial charge in [0.05, 0.1) is 6.04 Å². The molecule has 3 aromatic carbocycles. The molecule has 1 unspecified atom stereocenters. The second kappa shape index (κ2) is 8.56. The van der Waals surface area contributed by atoms with Crippen LogP contribution in [0.3, 0.4) is 0 Å². The van der Waals surface area contributed by atoms with Gasteiger partial charge >= 0.3 is 0 Å². The molecule has 1 spiro atoms. The van der Waals surface area contributed by atoms with Crippen molar-refractivity contribution >= 4 is 5.91 Å². The zero-order valence-electron chi connectivity index (χ0n) is 19.2. The van der Waals surface area contributed by atoms with Gasteiger partial charge in [0, 0.05) is 17.6 Å². The number of phenolic OH excluding ortho intramolecular Hbond substituents is 1. The van der Waals surface area contributed by atoms with E-state index in [9.17, 15) is 9.90 Å². The average Bonchev–Trinajstić information content (AvgIpc) is 3.58. The third-order valence-electron chi connectivity index (χ3n) is 6.78. The Labute approximate surface area is 195 Å². The predicted octanol–water partition coefficient (Wildman–Crippen LogP) is 4.65. The van der Waals surface area contributed by atoms with Crippen molar-refractivity contribution in [3.8, 4) is 11.5 Å². The van der Waals surface area contributed by atoms with Crippen molar-refractivity contribution in [1.29, 1.82) is 0 Å². The maximum atomic E-state index is 13.8. The van der Waals surface area contributed by atoms with Gasteiger partial charge in [0.15, 0.2) is 0 Å². The van der Waals surface area contributed by atoms with E-state index in [0.29, 0.717) is 12.2 Å². The standard InChI is InChI=1S/C28H30N2O3/c1-29(2)16-17-33-24-11-8-20(9-12-24)26-25-13-10-23(31)18-22(25)19-28(14-15-28)30(26)27(32)21-6-4-3-5-7-21/h3-13,18,26,31H,14-17,19H2,1-2H3. The van der Waals surface area contributed by atoms with E-state index >= 15 is 0 Å². The molecule has 1 saturated carbocycles. The van der Waals surface area contributed by atoms with Crippen molar-refractivity contribution < 1.29 is 14.6 Å². The van der Waals surface area contributed by atoms with Crippen molar-refractivity contribution in [1.82, 2.24) is 9.80 Å². The van der Waals surface area contributed by atoms with Gasteiger partial charge in [0.1, 0.15) is 18.1 Å². The number of fused-ring (bicyclic) bond motifs is 1. The minimum atomic E-state index is -0.208. The molecular formula is C28H30N2O3. The Hall–Kier alpha value is -3.31. The van der Waals surface area contributed by atoms with Gasteiger partial charge < -0.3 is 19.6 Å². The van der Waals surface area contributed by atoms with Crippen LogP contribution in [0.4, 0.5) is 0 Å². The van der Waals surface area contributed by atoms with E-state index in [4.69, 9.17) is 4.74 Å². The highest BCUT2D eigenvalue weighted by molar-refractivity contribution is 5.96. The first-order valence-corrected chi connectivity index (χ1v) is 11.5. The quantitative estimate of drug-likeness (QED) is 0.604. The molecule has 1 aliphatic heterocycles. The van der Waals surface area contributed by atoms with Crippen molar-refractivity contribution in [2.75, 3.05) is 27.2 Å². The zero-order valence-corrected chi connectivity index (χ0v) is 19.2. The molecule has 0 radical (unpaired) electrons. The third kappa shape index (κ3) is 4.21. The smallest absolute Gasteiger partial charge is 0.255 e. The van der Waals surface area contributed by atoms with Gasteiger partial charge in [-0.05, 0) is 86.4 Å². The molecule has 1 N–H and O–H groups in total. The number of hydrogen-bond donors (Lipinski definition) is 1. The molecule has 1 amide bonds. The summed E-state index contributed by atoms with van der Waals surface area (Å²) in [6, 6.07) is 23.0. The van der Waals surface area contributed by atoms with Crippen LogP contribution < -0.4 is 4.74 Å². The number of carbonyl (C=O) groups excluding carboxylic acids is 1. The lowest BCUT2D eigenvalue weighted by Crippen LogP contribution is -2.49. The largest absolute Gasteiger partial charge is 0.508 e. The lowest BCUT2D eigenvalue weighted by atomic mass is 9.82. The van der Waals surface area contributed by atoms with Crippen molar-refractivity contribution in [3.63, 3.8) is 0 Å². The number of nitrogens with zero attached hydrogens (tertiary/aromatic N) is 2. The Morgan fingerprint density at radius 2 is 1.79 bits per heavy atom. The molecule has 0 bridgehead atoms. The second-order valence-electron chi connectivity index (χ2n) is 9.45. The number of carbonyl (C=O) groups is 1. The van der Waals surface area contributed by atoms with Gasteiger partial charge in [-0.25, -0.2) is 0 Å². The van der Waals surface area contributed by atoms with Gasteiger partial charge in [-0.2, -0.15) is 0 Å². The molecule has 1 aliphatic carbocycles. The number of benzene rings is 3. The Kier molecular flexibility index (Phi) is 5.59. The lowest BCUT2D eigenvalue weighted by Gasteiger charge is -2.44. The molecule has 5 heteroatoms. The Bertz CT molecular complexity index is 1140. The SMILES string of the molecule is CN(C)CCOc1ccc(C2c3ccc(O)cc3CC3(CC3)N2C(=O)c2ccccc2)cc1. The lowest BCUT2D eigenvalue weighted by molar-refractivity contribution is 0.0541. The molecule has 5 rings (SSSR count). The van der Waals surface area contributed by atoms with Crippen LogP contribution >= 0.6 is 0 Å². The van der Waals surface area contributed by atoms with Crippen LogP contribution in [0.5, 0.6) is 11.5 Å². The summed E-state index contributed by atoms with van der Waals surface area (Å²) in [6.45, 7) is 1.47. The Morgan fingerprint density at radius 3 is 2.45 bits per heavy atom. The maximum Gasteiger partial charge on any atom is 0.255 e. The van der Waals surface area contributed by atoms with Crippen LogP contribution in [0, 0.1) is 0 Å². The fourth-order valence-electron chi connectivity index (χ4n) is 4.90. The topological polar surface area (TPSA) is 53.0 Å². The van der Waals surface area contributed by atoms with Crippen LogP contribution in [0.25, 0.3) is 0 Å². The summed E-state index contributed by atoms with van der Waals surface area (Å²) in [7, 11) is 4.05. The van der Waals surface area contributed by atoms with Crippen LogP contribution in [-0.4, -0.2) is 53.6 Å². The summed E-state index contributed by atoms with van der Waals surface area (Å²) < 4.78 is 5.89. The summed E-state index contributed by atoms with van der Waals surface area (Å²) in [6.07, 6.45) is 2.73. The van der Waals surface area contributed by atoms with Gasteiger partial charge in [0.25, 0.3) is 5.91 Å². The molecule has 33 heavy (non-hydrogen) atoms. The van der Waals surface area contributed by atoms with Crippen LogP contribution in [0.1, 0.15) is 45.9 Å². The number of ether oxygens (including phenoxy) is 1. The summed E-state index contributed by atoms with van der Waals surface area (Å²) in [5, 5.41) is 10.1. The minimum Gasteiger partial charge on any atom is -0.508 e. The number of rotatable bonds is 6. The van der Waals surface area contributed by atoms with Crippen LogP contribution in [0.2, 0.25) is 0 Å². The zero-order chi connectivity index (χ0) is 23.0. The normalized spacial score (nSPS) is 18.3. The molecular weight excluding hydrogens is 412 g/mol. The number of hydrogen-bond acceptors (Lipinski definition) is 4. The minimum absolute atomic E-state index is 0.0585. The fourth-order valence-corrected chi connectivity index (χ4v) is 4.90. The summed E-state index contributed by atoms with van der Waals surface area (Å²) in [4.78, 5) is 18.0. The Morgan fingerprint density at radius 1 is 1.06 bits per heavy atom. The number of likely N-dealkylation sites (N-methyl/N-ethyl adjacent to an activating group) is 1. The summed E-state index contributed by atoms with van der Waals surface area (Å²) in [5.41, 5.74) is 3.77. The van der Waals surface area contributed by atoms with Gasteiger partial charge in [-0.3, -0.25) is 4.79 Å². The number of amides is 1. The number of phenols is 1. The molecule has 1 heterocycles. The van der Waals surface area contributed by atoms with E-state index in [2.05, 4.69) is 21.9 Å². The summed E-state index contributed by atoms with van der Waals surface area (Å²) >= 11 is 0. The molecule has 0 aromatic heterocycles. The fraction of sp³-hybridized carbons (Fsp3) is 0.321.